The zero-order valence-corrected chi connectivity index (χ0v) is 9.45. The van der Waals surface area contributed by atoms with Gasteiger partial charge in [-0.05, 0) is 31.4 Å². The summed E-state index contributed by atoms with van der Waals surface area (Å²) in [6.07, 6.45) is 3.14. The van der Waals surface area contributed by atoms with Crippen LogP contribution in [-0.2, 0) is 6.42 Å². The molecule has 2 nitrogen and oxygen atoms in total. The Morgan fingerprint density at radius 3 is 2.60 bits per heavy atom. The smallest absolute Gasteiger partial charge is 0.0584 e. The molecule has 0 saturated heterocycles. The maximum atomic E-state index is 9.17. The van der Waals surface area contributed by atoms with Gasteiger partial charge in [-0.15, -0.1) is 0 Å². The molecule has 0 heterocycles. The van der Waals surface area contributed by atoms with E-state index in [1.807, 2.05) is 6.07 Å². The van der Waals surface area contributed by atoms with E-state index in [0.717, 1.165) is 25.8 Å². The van der Waals surface area contributed by atoms with Crippen LogP contribution in [0.4, 0.5) is 0 Å². The second-order valence-electron chi connectivity index (χ2n) is 3.86. The summed E-state index contributed by atoms with van der Waals surface area (Å²) < 4.78 is 0. The van der Waals surface area contributed by atoms with E-state index in [0.29, 0.717) is 0 Å². The summed E-state index contributed by atoms with van der Waals surface area (Å²) in [7, 11) is 0. The highest BCUT2D eigenvalue weighted by atomic mass is 16.3. The Balaban J connectivity index is 2.28. The normalized spacial score (nSPS) is 12.7. The third-order valence-electron chi connectivity index (χ3n) is 2.53. The summed E-state index contributed by atoms with van der Waals surface area (Å²) >= 11 is 0. The fourth-order valence-electron chi connectivity index (χ4n) is 1.59. The highest BCUT2D eigenvalue weighted by molar-refractivity contribution is 5.14. The monoisotopic (exact) mass is 207 g/mol. The van der Waals surface area contributed by atoms with Crippen molar-refractivity contribution in [1.82, 2.24) is 5.32 Å². The number of nitrogens with one attached hydrogen (secondary N) is 1. The van der Waals surface area contributed by atoms with Crippen LogP contribution < -0.4 is 5.32 Å². The number of hydrogen-bond acceptors (Lipinski definition) is 2. The Morgan fingerprint density at radius 2 is 2.00 bits per heavy atom. The SMILES string of the molecule is CCCNC(CO)CCc1ccccc1. The topological polar surface area (TPSA) is 32.3 Å². The Labute approximate surface area is 92.3 Å². The van der Waals surface area contributed by atoms with Gasteiger partial charge in [-0.1, -0.05) is 37.3 Å². The summed E-state index contributed by atoms with van der Waals surface area (Å²) in [6, 6.07) is 10.7. The fourth-order valence-corrected chi connectivity index (χ4v) is 1.59. The van der Waals surface area contributed by atoms with E-state index in [-0.39, 0.29) is 12.6 Å². The molecule has 15 heavy (non-hydrogen) atoms. The van der Waals surface area contributed by atoms with Gasteiger partial charge >= 0.3 is 0 Å². The predicted molar refractivity (Wildman–Crippen MR) is 63.9 cm³/mol. The first kappa shape index (κ1) is 12.2. The van der Waals surface area contributed by atoms with Crippen molar-refractivity contribution in [3.63, 3.8) is 0 Å². The number of aryl methyl sites for hydroxylation is 1. The lowest BCUT2D eigenvalue weighted by Crippen LogP contribution is -2.33. The molecule has 2 heteroatoms. The molecule has 0 amide bonds. The van der Waals surface area contributed by atoms with Gasteiger partial charge in [0.05, 0.1) is 6.61 Å². The average molecular weight is 207 g/mol. The summed E-state index contributed by atoms with van der Waals surface area (Å²) in [5, 5.41) is 12.5. The van der Waals surface area contributed by atoms with E-state index >= 15 is 0 Å². The minimum absolute atomic E-state index is 0.229. The van der Waals surface area contributed by atoms with Crippen molar-refractivity contribution in [3.05, 3.63) is 35.9 Å². The molecular weight excluding hydrogens is 186 g/mol. The zero-order valence-electron chi connectivity index (χ0n) is 9.45. The molecule has 1 unspecified atom stereocenters. The fraction of sp³-hybridized carbons (Fsp3) is 0.538. The number of benzene rings is 1. The van der Waals surface area contributed by atoms with Crippen molar-refractivity contribution in [1.29, 1.82) is 0 Å². The predicted octanol–water partition coefficient (Wildman–Crippen LogP) is 1.98. The first-order valence-electron chi connectivity index (χ1n) is 5.75. The van der Waals surface area contributed by atoms with Crippen LogP contribution in [0.3, 0.4) is 0 Å². The van der Waals surface area contributed by atoms with E-state index in [1.165, 1.54) is 5.56 Å². The molecule has 2 N–H and O–H groups in total. The van der Waals surface area contributed by atoms with Gasteiger partial charge in [0.2, 0.25) is 0 Å². The summed E-state index contributed by atoms with van der Waals surface area (Å²) in [4.78, 5) is 0. The molecule has 1 atom stereocenters. The summed E-state index contributed by atoms with van der Waals surface area (Å²) in [5.74, 6) is 0. The van der Waals surface area contributed by atoms with Crippen LogP contribution in [-0.4, -0.2) is 24.3 Å². The number of aliphatic hydroxyl groups excluding tert-OH is 1. The Hall–Kier alpha value is -0.860. The number of aliphatic hydroxyl groups is 1. The largest absolute Gasteiger partial charge is 0.395 e. The van der Waals surface area contributed by atoms with E-state index < -0.39 is 0 Å². The lowest BCUT2D eigenvalue weighted by atomic mass is 10.1. The second-order valence-corrected chi connectivity index (χ2v) is 3.86. The van der Waals surface area contributed by atoms with E-state index in [4.69, 9.17) is 5.11 Å². The molecule has 1 aromatic carbocycles. The molecule has 0 aliphatic heterocycles. The summed E-state index contributed by atoms with van der Waals surface area (Å²) in [5.41, 5.74) is 1.34. The minimum Gasteiger partial charge on any atom is -0.395 e. The van der Waals surface area contributed by atoms with Crippen LogP contribution in [0.1, 0.15) is 25.3 Å². The van der Waals surface area contributed by atoms with Crippen molar-refractivity contribution in [2.45, 2.75) is 32.2 Å². The Bertz CT molecular complexity index is 248. The number of hydrogen-bond donors (Lipinski definition) is 2. The lowest BCUT2D eigenvalue weighted by molar-refractivity contribution is 0.236. The molecule has 0 aliphatic rings. The molecule has 0 radical (unpaired) electrons. The molecule has 0 spiro atoms. The minimum atomic E-state index is 0.229. The highest BCUT2D eigenvalue weighted by Gasteiger charge is 2.05. The molecule has 1 rings (SSSR count). The van der Waals surface area contributed by atoms with Gasteiger partial charge in [-0.25, -0.2) is 0 Å². The maximum Gasteiger partial charge on any atom is 0.0584 e. The first-order valence-corrected chi connectivity index (χ1v) is 5.75. The van der Waals surface area contributed by atoms with Crippen molar-refractivity contribution < 1.29 is 5.11 Å². The van der Waals surface area contributed by atoms with Gasteiger partial charge in [0.1, 0.15) is 0 Å². The van der Waals surface area contributed by atoms with Crippen LogP contribution >= 0.6 is 0 Å². The van der Waals surface area contributed by atoms with E-state index in [2.05, 4.69) is 36.5 Å². The second kappa shape index (κ2) is 7.43. The lowest BCUT2D eigenvalue weighted by Gasteiger charge is -2.15. The van der Waals surface area contributed by atoms with Crippen molar-refractivity contribution >= 4 is 0 Å². The molecule has 0 fully saturated rings. The molecule has 0 bridgehead atoms. The van der Waals surface area contributed by atoms with Crippen LogP contribution in [0.2, 0.25) is 0 Å². The quantitative estimate of drug-likeness (QED) is 0.716. The molecule has 0 aromatic heterocycles. The van der Waals surface area contributed by atoms with Gasteiger partial charge in [0.15, 0.2) is 0 Å². The van der Waals surface area contributed by atoms with Gasteiger partial charge in [-0.3, -0.25) is 0 Å². The maximum absolute atomic E-state index is 9.17. The van der Waals surface area contributed by atoms with E-state index in [1.54, 1.807) is 0 Å². The van der Waals surface area contributed by atoms with Crippen molar-refractivity contribution in [3.8, 4) is 0 Å². The van der Waals surface area contributed by atoms with Gasteiger partial charge in [-0.2, -0.15) is 0 Å². The van der Waals surface area contributed by atoms with Crippen molar-refractivity contribution in [2.75, 3.05) is 13.2 Å². The molecule has 1 aromatic rings. The molecule has 0 saturated carbocycles. The Kier molecular flexibility index (Phi) is 6.05. The van der Waals surface area contributed by atoms with Crippen LogP contribution in [0.25, 0.3) is 0 Å². The van der Waals surface area contributed by atoms with Crippen LogP contribution in [0, 0.1) is 0 Å². The van der Waals surface area contributed by atoms with Crippen molar-refractivity contribution in [2.24, 2.45) is 0 Å². The summed E-state index contributed by atoms with van der Waals surface area (Å²) in [6.45, 7) is 3.35. The first-order chi connectivity index (χ1) is 7.36. The standard InChI is InChI=1S/C13H21NO/c1-2-10-14-13(11-15)9-8-12-6-4-3-5-7-12/h3-7,13-15H,2,8-11H2,1H3. The van der Waals surface area contributed by atoms with Gasteiger partial charge in [0, 0.05) is 6.04 Å². The Morgan fingerprint density at radius 1 is 1.27 bits per heavy atom. The molecular formula is C13H21NO. The van der Waals surface area contributed by atoms with Gasteiger partial charge in [0.25, 0.3) is 0 Å². The third kappa shape index (κ3) is 4.96. The molecule has 0 aliphatic carbocycles. The van der Waals surface area contributed by atoms with Crippen LogP contribution in [0.5, 0.6) is 0 Å². The van der Waals surface area contributed by atoms with Crippen LogP contribution in [0.15, 0.2) is 30.3 Å². The van der Waals surface area contributed by atoms with Gasteiger partial charge < -0.3 is 10.4 Å². The average Bonchev–Trinajstić information content (AvgIpc) is 2.31. The zero-order chi connectivity index (χ0) is 10.9. The van der Waals surface area contributed by atoms with E-state index in [9.17, 15) is 0 Å². The highest BCUT2D eigenvalue weighted by Crippen LogP contribution is 2.04. The third-order valence-corrected chi connectivity index (χ3v) is 2.53. The molecule has 84 valence electrons. The number of rotatable bonds is 7.